The van der Waals surface area contributed by atoms with Gasteiger partial charge in [-0.05, 0) is 37.8 Å². The maximum atomic E-state index is 12.4. The highest BCUT2D eigenvalue weighted by Gasteiger charge is 2.60. The first-order valence-electron chi connectivity index (χ1n) is 6.85. The highest BCUT2D eigenvalue weighted by molar-refractivity contribution is 7.94. The SMILES string of the molecule is Nc1c(OCC2(S(=O)(=O)C3CC3)CC2)cccc1C(=O)O. The number of carboxylic acid groups (broad SMARTS) is 1. The molecule has 2 fully saturated rings. The predicted octanol–water partition coefficient (Wildman–Crippen LogP) is 1.46. The van der Waals surface area contributed by atoms with E-state index in [1.54, 1.807) is 6.07 Å². The van der Waals surface area contributed by atoms with Gasteiger partial charge in [0.1, 0.15) is 17.1 Å². The molecule has 1 aromatic rings. The molecule has 0 heterocycles. The highest BCUT2D eigenvalue weighted by Crippen LogP contribution is 2.50. The van der Waals surface area contributed by atoms with Gasteiger partial charge in [-0.1, -0.05) is 6.07 Å². The third-order valence-electron chi connectivity index (χ3n) is 4.16. The quantitative estimate of drug-likeness (QED) is 0.770. The number of rotatable bonds is 6. The van der Waals surface area contributed by atoms with E-state index in [4.69, 9.17) is 15.6 Å². The standard InChI is InChI=1S/C14H17NO5S/c15-12-10(13(16)17)2-1-3-11(12)20-8-14(6-7-14)21(18,19)9-4-5-9/h1-3,9H,4-8,15H2,(H,16,17). The first kappa shape index (κ1) is 14.2. The minimum atomic E-state index is -3.15. The summed E-state index contributed by atoms with van der Waals surface area (Å²) in [5.41, 5.74) is 5.75. The lowest BCUT2D eigenvalue weighted by Crippen LogP contribution is -2.33. The Balaban J connectivity index is 1.77. The Hall–Kier alpha value is -1.76. The Morgan fingerprint density at radius 3 is 2.57 bits per heavy atom. The highest BCUT2D eigenvalue weighted by atomic mass is 32.2. The zero-order chi connectivity index (χ0) is 15.3. The van der Waals surface area contributed by atoms with Crippen LogP contribution in [0, 0.1) is 0 Å². The van der Waals surface area contributed by atoms with Gasteiger partial charge in [0.25, 0.3) is 0 Å². The van der Waals surface area contributed by atoms with Crippen LogP contribution in [-0.4, -0.2) is 36.1 Å². The van der Waals surface area contributed by atoms with Crippen LogP contribution in [0.4, 0.5) is 5.69 Å². The lowest BCUT2D eigenvalue weighted by molar-refractivity contribution is 0.0697. The molecule has 0 bridgehead atoms. The summed E-state index contributed by atoms with van der Waals surface area (Å²) in [6.07, 6.45) is 2.68. The molecule has 0 radical (unpaired) electrons. The number of carboxylic acids is 1. The van der Waals surface area contributed by atoms with Crippen LogP contribution in [0.3, 0.4) is 0 Å². The van der Waals surface area contributed by atoms with Crippen molar-refractivity contribution in [2.75, 3.05) is 12.3 Å². The van der Waals surface area contributed by atoms with E-state index < -0.39 is 20.6 Å². The second-order valence-electron chi connectivity index (χ2n) is 5.74. The maximum Gasteiger partial charge on any atom is 0.337 e. The van der Waals surface area contributed by atoms with E-state index in [1.807, 2.05) is 0 Å². The van der Waals surface area contributed by atoms with E-state index in [9.17, 15) is 13.2 Å². The largest absolute Gasteiger partial charge is 0.490 e. The zero-order valence-corrected chi connectivity index (χ0v) is 12.2. The Morgan fingerprint density at radius 1 is 1.38 bits per heavy atom. The van der Waals surface area contributed by atoms with Crippen molar-refractivity contribution in [3.8, 4) is 5.75 Å². The fraction of sp³-hybridized carbons (Fsp3) is 0.500. The summed E-state index contributed by atoms with van der Waals surface area (Å²) in [6.45, 7) is 0.0408. The van der Waals surface area contributed by atoms with Crippen molar-refractivity contribution < 1.29 is 23.1 Å². The van der Waals surface area contributed by atoms with Crippen molar-refractivity contribution in [1.29, 1.82) is 0 Å². The topological polar surface area (TPSA) is 107 Å². The van der Waals surface area contributed by atoms with Gasteiger partial charge in [-0.2, -0.15) is 0 Å². The predicted molar refractivity (Wildman–Crippen MR) is 77.2 cm³/mol. The summed E-state index contributed by atoms with van der Waals surface area (Å²) in [5, 5.41) is 8.79. The van der Waals surface area contributed by atoms with Gasteiger partial charge in [0.05, 0.1) is 16.5 Å². The number of anilines is 1. The molecule has 114 valence electrons. The summed E-state index contributed by atoms with van der Waals surface area (Å²) in [4.78, 5) is 11.0. The minimum absolute atomic E-state index is 0.0321. The number of nitrogen functional groups attached to an aromatic ring is 1. The first-order chi connectivity index (χ1) is 9.87. The van der Waals surface area contributed by atoms with E-state index in [2.05, 4.69) is 0 Å². The van der Waals surface area contributed by atoms with Crippen molar-refractivity contribution in [3.05, 3.63) is 23.8 Å². The van der Waals surface area contributed by atoms with Crippen LogP contribution in [0.2, 0.25) is 0 Å². The molecule has 3 N–H and O–H groups in total. The van der Waals surface area contributed by atoms with Gasteiger partial charge in [0.2, 0.25) is 0 Å². The summed E-state index contributed by atoms with van der Waals surface area (Å²) < 4.78 is 29.5. The van der Waals surface area contributed by atoms with Crippen molar-refractivity contribution in [2.24, 2.45) is 0 Å². The molecule has 6 nitrogen and oxygen atoms in total. The van der Waals surface area contributed by atoms with Crippen LogP contribution >= 0.6 is 0 Å². The maximum absolute atomic E-state index is 12.4. The van der Waals surface area contributed by atoms with Crippen molar-refractivity contribution in [1.82, 2.24) is 0 Å². The Bertz CT molecular complexity index is 689. The summed E-state index contributed by atoms with van der Waals surface area (Å²) in [6, 6.07) is 4.48. The van der Waals surface area contributed by atoms with E-state index in [0.29, 0.717) is 12.8 Å². The normalized spacial score (nSPS) is 20.0. The van der Waals surface area contributed by atoms with Gasteiger partial charge in [-0.15, -0.1) is 0 Å². The zero-order valence-electron chi connectivity index (χ0n) is 11.4. The average molecular weight is 311 g/mol. The van der Waals surface area contributed by atoms with Crippen LogP contribution in [-0.2, 0) is 9.84 Å². The molecule has 21 heavy (non-hydrogen) atoms. The van der Waals surface area contributed by atoms with Crippen molar-refractivity contribution >= 4 is 21.5 Å². The molecule has 2 aliphatic rings. The number of hydrogen-bond donors (Lipinski definition) is 2. The molecule has 0 aliphatic heterocycles. The number of carbonyl (C=O) groups is 1. The molecular weight excluding hydrogens is 294 g/mol. The molecule has 1 aromatic carbocycles. The number of benzene rings is 1. The van der Waals surface area contributed by atoms with Gasteiger partial charge in [-0.25, -0.2) is 13.2 Å². The van der Waals surface area contributed by atoms with E-state index in [0.717, 1.165) is 12.8 Å². The third-order valence-corrected chi connectivity index (χ3v) is 7.24. The van der Waals surface area contributed by atoms with Crippen LogP contribution in [0.5, 0.6) is 5.75 Å². The number of aromatic carboxylic acids is 1. The number of nitrogens with two attached hydrogens (primary N) is 1. The van der Waals surface area contributed by atoms with E-state index in [-0.39, 0.29) is 28.9 Å². The molecule has 7 heteroatoms. The monoisotopic (exact) mass is 311 g/mol. The molecule has 0 saturated heterocycles. The molecule has 0 unspecified atom stereocenters. The van der Waals surface area contributed by atoms with Crippen LogP contribution in [0.15, 0.2) is 18.2 Å². The second kappa shape index (κ2) is 4.62. The molecule has 0 amide bonds. The van der Waals surface area contributed by atoms with Crippen LogP contribution < -0.4 is 10.5 Å². The molecule has 2 aliphatic carbocycles. The van der Waals surface area contributed by atoms with Gasteiger partial charge < -0.3 is 15.6 Å². The Morgan fingerprint density at radius 2 is 2.05 bits per heavy atom. The first-order valence-corrected chi connectivity index (χ1v) is 8.40. The summed E-state index contributed by atoms with van der Waals surface area (Å²) in [5.74, 6) is -0.906. The molecule has 0 atom stereocenters. The minimum Gasteiger partial charge on any atom is -0.490 e. The molecule has 2 saturated carbocycles. The van der Waals surface area contributed by atoms with Gasteiger partial charge in [0.15, 0.2) is 9.84 Å². The lowest BCUT2D eigenvalue weighted by atomic mass is 10.1. The Labute approximate surface area is 122 Å². The van der Waals surface area contributed by atoms with Crippen LogP contribution in [0.25, 0.3) is 0 Å². The molecule has 3 rings (SSSR count). The lowest BCUT2D eigenvalue weighted by Gasteiger charge is -2.18. The van der Waals surface area contributed by atoms with Crippen molar-refractivity contribution in [3.63, 3.8) is 0 Å². The van der Waals surface area contributed by atoms with E-state index in [1.165, 1.54) is 12.1 Å². The molecule has 0 aromatic heterocycles. The summed E-state index contributed by atoms with van der Waals surface area (Å²) in [7, 11) is -3.15. The number of ether oxygens (including phenoxy) is 1. The number of sulfone groups is 1. The van der Waals surface area contributed by atoms with Gasteiger partial charge in [-0.3, -0.25) is 0 Å². The fourth-order valence-electron chi connectivity index (χ4n) is 2.45. The molecular formula is C14H17NO5S. The smallest absolute Gasteiger partial charge is 0.337 e. The van der Waals surface area contributed by atoms with E-state index >= 15 is 0 Å². The summed E-state index contributed by atoms with van der Waals surface area (Å²) >= 11 is 0. The second-order valence-corrected chi connectivity index (χ2v) is 8.36. The van der Waals surface area contributed by atoms with Gasteiger partial charge >= 0.3 is 5.97 Å². The molecule has 0 spiro atoms. The van der Waals surface area contributed by atoms with Gasteiger partial charge in [0, 0.05) is 0 Å². The average Bonchev–Trinajstić information content (AvgIpc) is 3.28. The Kier molecular flexibility index (Phi) is 3.12. The third kappa shape index (κ3) is 2.35. The fourth-order valence-corrected chi connectivity index (χ4v) is 4.81. The number of hydrogen-bond acceptors (Lipinski definition) is 5. The number of para-hydroxylation sites is 1. The van der Waals surface area contributed by atoms with Crippen molar-refractivity contribution in [2.45, 2.75) is 35.7 Å². The van der Waals surface area contributed by atoms with Crippen LogP contribution in [0.1, 0.15) is 36.0 Å².